The summed E-state index contributed by atoms with van der Waals surface area (Å²) >= 11 is 0. The van der Waals surface area contributed by atoms with Crippen molar-refractivity contribution in [3.8, 4) is 0 Å². The Hall–Kier alpha value is 8.18. The Bertz CT molecular complexity index is 56.7. The minimum atomic E-state index is 0. The fourth-order valence-electron chi connectivity index (χ4n) is 0. The molecule has 0 spiro atoms. The fraction of sp³-hybridized carbons (Fsp3) is 0.462. The van der Waals surface area contributed by atoms with Crippen LogP contribution in [0.5, 0.6) is 0 Å². The Morgan fingerprint density at radius 2 is 0.100 bits per heavy atom. The van der Waals surface area contributed by atoms with Crippen molar-refractivity contribution in [3.05, 3.63) is 104 Å². The van der Waals surface area contributed by atoms with E-state index < -0.39 is 0 Å². The zero-order valence-electron chi connectivity index (χ0n) is 20.3. The second-order valence-electron chi connectivity index (χ2n) is 0. The van der Waals surface area contributed by atoms with Gasteiger partial charge in [0.1, 0.15) is 0 Å². The molecule has 0 saturated heterocycles. The summed E-state index contributed by atoms with van der Waals surface area (Å²) in [6.45, 7) is 0. The van der Waals surface area contributed by atoms with Gasteiger partial charge < -0.3 is 104 Å². The van der Waals surface area contributed by atoms with Gasteiger partial charge in [-0.2, -0.15) is 0 Å². The van der Waals surface area contributed by atoms with Gasteiger partial charge in [-0.05, 0) is 0 Å². The van der Waals surface area contributed by atoms with Crippen LogP contribution in [0, 0.1) is 104 Å². The van der Waals surface area contributed by atoms with Gasteiger partial charge in [-0.15, -0.1) is 0 Å². The van der Waals surface area contributed by atoms with Crippen molar-refractivity contribution in [3.63, 3.8) is 0 Å². The van der Waals surface area contributed by atoms with E-state index in [2.05, 4.69) is 0 Å². The van der Waals surface area contributed by atoms with Crippen LogP contribution >= 0.6 is 0 Å². The van der Waals surface area contributed by atoms with E-state index in [0.717, 1.165) is 0 Å². The molecule has 0 atom stereocenters. The molecule has 0 aromatic rings. The van der Waals surface area contributed by atoms with Gasteiger partial charge in [0, 0.05) is 265 Å². The van der Waals surface area contributed by atoms with Crippen LogP contribution in [0.3, 0.4) is 0 Å². The largest absolute Gasteiger partial charge is 0.358 e. The van der Waals surface area contributed by atoms with E-state index in [9.17, 15) is 0 Å². The molecule has 0 aromatic heterocycles. The van der Waals surface area contributed by atoms with Gasteiger partial charge in [0.2, 0.25) is 0 Å². The van der Waals surface area contributed by atoms with Gasteiger partial charge in [-0.1, -0.05) is 89.1 Å². The SMILES string of the molecule is C.C.C.C.C.C.C.C.C.C.C.C.[CH3-].[CH3-].[CH3-].[CH3-].[CH3-].[CH3-].[CH3-].[CH3-].[CH3-].[CH3-].[CH3-].[CH3-].[CH3-].[CH3-].[HH].[HH].[HH].[HH].[V].[V].[V].[V].[V].[V].[V].[V].[V].[V].[V].[V].[V].[V]. The molecule has 14 heteroatoms. The van der Waals surface area contributed by atoms with Crippen LogP contribution in [0.15, 0.2) is 0 Å². The van der Waals surface area contributed by atoms with E-state index in [0.29, 0.717) is 0 Å². The Morgan fingerprint density at radius 1 is 0.100 bits per heavy atom. The average molecular weight is 1120 g/mol. The molecular formula is C26H98V14-14. The van der Waals surface area contributed by atoms with Crippen molar-refractivity contribution in [1.82, 2.24) is 0 Å². The van der Waals surface area contributed by atoms with Crippen molar-refractivity contribution in [2.24, 2.45) is 0 Å². The number of rotatable bonds is 0. The van der Waals surface area contributed by atoms with E-state index in [1.165, 1.54) is 0 Å². The van der Waals surface area contributed by atoms with Gasteiger partial charge in [-0.25, -0.2) is 0 Å². The third kappa shape index (κ3) is 1410. The van der Waals surface area contributed by atoms with Crippen LogP contribution in [-0.2, 0) is 260 Å². The minimum Gasteiger partial charge on any atom is -0.358 e. The summed E-state index contributed by atoms with van der Waals surface area (Å²) in [6, 6.07) is 0. The summed E-state index contributed by atoms with van der Waals surface area (Å²) < 4.78 is 0. The summed E-state index contributed by atoms with van der Waals surface area (Å²) in [6.07, 6.45) is 0. The van der Waals surface area contributed by atoms with Gasteiger partial charge in [-0.3, -0.25) is 0 Å². The molecule has 0 unspecified atom stereocenters. The Labute approximate surface area is 451 Å². The molecule has 0 N–H and O–H groups in total. The second-order valence-corrected chi connectivity index (χ2v) is 0. The van der Waals surface area contributed by atoms with Crippen molar-refractivity contribution < 1.29 is 265 Å². The Morgan fingerprint density at radius 3 is 0.100 bits per heavy atom. The Kier molecular flexibility index (Phi) is 60200. The molecule has 0 saturated carbocycles. The summed E-state index contributed by atoms with van der Waals surface area (Å²) in [5, 5.41) is 0. The van der Waals surface area contributed by atoms with Crippen LogP contribution in [-0.4, -0.2) is 0 Å². The van der Waals surface area contributed by atoms with Gasteiger partial charge in [0.15, 0.2) is 0 Å². The molecule has 0 heterocycles. The standard InChI is InChI=1S/12CH4.14CH3.14V.4H2/h12*1H4;14*1H3;;;;;;;;;;;;;;;4*1H/q;;;;;;;;;;;;14*-1;;;;;;;;;;;;;;;;;;. The van der Waals surface area contributed by atoms with Crippen LogP contribution in [0.2, 0.25) is 0 Å². The second kappa shape index (κ2) is 1500. The molecule has 40 heavy (non-hydrogen) atoms. The molecule has 0 fully saturated rings. The minimum absolute atomic E-state index is 0. The van der Waals surface area contributed by atoms with Crippen molar-refractivity contribution in [1.29, 1.82) is 0 Å². The third-order valence-electron chi connectivity index (χ3n) is 0. The van der Waals surface area contributed by atoms with E-state index in [1.807, 2.05) is 0 Å². The first-order valence-electron chi connectivity index (χ1n) is 0. The van der Waals surface area contributed by atoms with Crippen molar-refractivity contribution in [2.75, 3.05) is 0 Å². The molecule has 286 valence electrons. The third-order valence-corrected chi connectivity index (χ3v) is 0. The molecule has 0 rings (SSSR count). The van der Waals surface area contributed by atoms with E-state index in [4.69, 9.17) is 0 Å². The van der Waals surface area contributed by atoms with Crippen LogP contribution in [0.25, 0.3) is 0 Å². The summed E-state index contributed by atoms with van der Waals surface area (Å²) in [5.41, 5.74) is 0. The predicted octanol–water partition coefficient (Wildman–Crippen LogP) is 14.9. The zero-order chi connectivity index (χ0) is 0. The average Bonchev–Trinajstić information content (AvgIpc) is 0. The zero-order valence-corrected chi connectivity index (χ0v) is 39.8. The molecule has 0 nitrogen and oxygen atoms in total. The molecule has 0 aliphatic heterocycles. The number of hydrogen-bond acceptors (Lipinski definition) is 0. The number of hydrogen-bond donors (Lipinski definition) is 0. The molecule has 0 aliphatic carbocycles. The normalized spacial score (nSPS) is 0. The first-order valence-corrected chi connectivity index (χ1v) is 0. The predicted molar refractivity (Wildman–Crippen MR) is 179 cm³/mol. The van der Waals surface area contributed by atoms with Crippen molar-refractivity contribution in [2.45, 2.75) is 89.1 Å². The summed E-state index contributed by atoms with van der Waals surface area (Å²) in [4.78, 5) is 0. The van der Waals surface area contributed by atoms with Crippen LogP contribution in [0.1, 0.15) is 94.8 Å². The van der Waals surface area contributed by atoms with E-state index >= 15 is 0 Å². The van der Waals surface area contributed by atoms with Crippen molar-refractivity contribution >= 4 is 0 Å². The quantitative estimate of drug-likeness (QED) is 0.212. The molecule has 0 amide bonds. The molecule has 14 radical (unpaired) electrons. The smallest absolute Gasteiger partial charge is 0 e. The van der Waals surface area contributed by atoms with Crippen LogP contribution in [0.4, 0.5) is 0 Å². The maximum atomic E-state index is 0. The summed E-state index contributed by atoms with van der Waals surface area (Å²) in [7, 11) is 0. The molecule has 0 aliphatic rings. The molecular weight excluding hydrogens is 1030 g/mol. The maximum absolute atomic E-state index is 0. The van der Waals surface area contributed by atoms with Crippen LogP contribution < -0.4 is 0 Å². The molecule has 0 bridgehead atoms. The maximum Gasteiger partial charge on any atom is 0 e. The van der Waals surface area contributed by atoms with Gasteiger partial charge in [0.05, 0.1) is 0 Å². The first kappa shape index (κ1) is 1600. The van der Waals surface area contributed by atoms with Gasteiger partial charge >= 0.3 is 0 Å². The first-order chi connectivity index (χ1) is 0. The fourth-order valence-corrected chi connectivity index (χ4v) is 0. The molecule has 0 aromatic carbocycles. The van der Waals surface area contributed by atoms with E-state index in [1.54, 1.807) is 0 Å². The monoisotopic (exact) mass is 1120 g/mol. The topological polar surface area (TPSA) is 0 Å². The summed E-state index contributed by atoms with van der Waals surface area (Å²) in [5.74, 6) is 0. The Balaban J connectivity index is 0. The van der Waals surface area contributed by atoms with E-state index in [-0.39, 0.29) is 459 Å². The van der Waals surface area contributed by atoms with Gasteiger partial charge in [0.25, 0.3) is 0 Å².